The third kappa shape index (κ3) is 3.94. The van der Waals surface area contributed by atoms with Crippen LogP contribution in [0.5, 0.6) is 0 Å². The van der Waals surface area contributed by atoms with Crippen molar-refractivity contribution in [3.63, 3.8) is 0 Å². The summed E-state index contributed by atoms with van der Waals surface area (Å²) in [6.45, 7) is 7.93. The summed E-state index contributed by atoms with van der Waals surface area (Å²) < 4.78 is 27.5. The third-order valence-electron chi connectivity index (χ3n) is 5.48. The number of hydrogen-bond donors (Lipinski definition) is 0. The number of carbonyl (C=O) groups is 1. The molecule has 1 atom stereocenters. The Morgan fingerprint density at radius 2 is 1.81 bits per heavy atom. The van der Waals surface area contributed by atoms with Crippen LogP contribution in [-0.4, -0.2) is 74.7 Å². The Labute approximate surface area is 156 Å². The van der Waals surface area contributed by atoms with Crippen molar-refractivity contribution in [1.82, 2.24) is 14.1 Å². The highest BCUT2D eigenvalue weighted by Crippen LogP contribution is 2.24. The third-order valence-corrected chi connectivity index (χ3v) is 7.38. The van der Waals surface area contributed by atoms with E-state index in [0.29, 0.717) is 24.6 Å². The van der Waals surface area contributed by atoms with E-state index in [9.17, 15) is 13.2 Å². The van der Waals surface area contributed by atoms with Gasteiger partial charge in [0.2, 0.25) is 10.0 Å². The molecular formula is C19H29N3O3S. The van der Waals surface area contributed by atoms with E-state index in [1.165, 1.54) is 4.31 Å². The second-order valence-corrected chi connectivity index (χ2v) is 9.62. The Kier molecular flexibility index (Phi) is 5.69. The largest absolute Gasteiger partial charge is 0.338 e. The molecule has 2 fully saturated rings. The number of sulfonamides is 1. The van der Waals surface area contributed by atoms with E-state index in [0.717, 1.165) is 44.6 Å². The fraction of sp³-hybridized carbons (Fsp3) is 0.632. The molecule has 1 aromatic carbocycles. The number of amides is 1. The zero-order chi connectivity index (χ0) is 18.9. The van der Waals surface area contributed by atoms with E-state index in [1.54, 1.807) is 18.2 Å². The van der Waals surface area contributed by atoms with Crippen LogP contribution in [0.2, 0.25) is 0 Å². The zero-order valence-corrected chi connectivity index (χ0v) is 16.8. The fourth-order valence-electron chi connectivity index (χ4n) is 3.71. The Bertz CT molecular complexity index is 770. The first-order valence-electron chi connectivity index (χ1n) is 9.37. The Hall–Kier alpha value is -1.44. The molecule has 1 aromatic rings. The topological polar surface area (TPSA) is 60.9 Å². The van der Waals surface area contributed by atoms with E-state index >= 15 is 0 Å². The summed E-state index contributed by atoms with van der Waals surface area (Å²) >= 11 is 0. The number of likely N-dealkylation sites (tertiary alicyclic amines) is 1. The van der Waals surface area contributed by atoms with Crippen LogP contribution >= 0.6 is 0 Å². The summed E-state index contributed by atoms with van der Waals surface area (Å²) in [4.78, 5) is 17.2. The smallest absolute Gasteiger partial charge is 0.254 e. The number of hydrogen-bond acceptors (Lipinski definition) is 4. The van der Waals surface area contributed by atoms with E-state index in [2.05, 4.69) is 11.8 Å². The molecule has 0 spiro atoms. The quantitative estimate of drug-likeness (QED) is 0.804. The standard InChI is InChI=1S/C19H29N3O3S/c1-15-5-4-8-21(14-15)19(23)18-13-17(7-6-16(18)2)26(24,25)22-11-9-20(3)10-12-22/h6-7,13,15H,4-5,8-12,14H2,1-3H3/t15-/m1/s1. The zero-order valence-electron chi connectivity index (χ0n) is 15.9. The van der Waals surface area contributed by atoms with Gasteiger partial charge in [0.25, 0.3) is 5.91 Å². The molecule has 2 aliphatic heterocycles. The molecule has 0 N–H and O–H groups in total. The second-order valence-electron chi connectivity index (χ2n) is 7.68. The molecule has 1 amide bonds. The van der Waals surface area contributed by atoms with Crippen LogP contribution in [0.1, 0.15) is 35.7 Å². The molecule has 0 unspecified atom stereocenters. The van der Waals surface area contributed by atoms with Gasteiger partial charge in [-0.25, -0.2) is 8.42 Å². The Balaban J connectivity index is 1.86. The van der Waals surface area contributed by atoms with Crippen molar-refractivity contribution in [1.29, 1.82) is 0 Å². The number of aryl methyl sites for hydroxylation is 1. The summed E-state index contributed by atoms with van der Waals surface area (Å²) in [6, 6.07) is 4.95. The average molecular weight is 380 g/mol. The van der Waals surface area contributed by atoms with Crippen molar-refractivity contribution in [3.8, 4) is 0 Å². The molecule has 144 valence electrons. The van der Waals surface area contributed by atoms with Crippen LogP contribution in [0.15, 0.2) is 23.1 Å². The highest BCUT2D eigenvalue weighted by molar-refractivity contribution is 7.89. The lowest BCUT2D eigenvalue weighted by Crippen LogP contribution is -2.47. The molecule has 2 heterocycles. The normalized spacial score (nSPS) is 23.2. The second kappa shape index (κ2) is 7.66. The molecule has 0 bridgehead atoms. The van der Waals surface area contributed by atoms with Gasteiger partial charge in [-0.1, -0.05) is 13.0 Å². The number of rotatable bonds is 3. The summed E-state index contributed by atoms with van der Waals surface area (Å²) in [5, 5.41) is 0. The molecule has 2 aliphatic rings. The van der Waals surface area contributed by atoms with Crippen LogP contribution in [0.3, 0.4) is 0 Å². The number of carbonyl (C=O) groups excluding carboxylic acids is 1. The molecule has 2 saturated heterocycles. The SMILES string of the molecule is Cc1ccc(S(=O)(=O)N2CCN(C)CC2)cc1C(=O)N1CCC[C@@H](C)C1. The van der Waals surface area contributed by atoms with E-state index in [4.69, 9.17) is 0 Å². The number of piperidine rings is 1. The van der Waals surface area contributed by atoms with Crippen molar-refractivity contribution in [2.45, 2.75) is 31.6 Å². The summed E-state index contributed by atoms with van der Waals surface area (Å²) in [5.74, 6) is 0.440. The predicted molar refractivity (Wildman–Crippen MR) is 102 cm³/mol. The van der Waals surface area contributed by atoms with Crippen molar-refractivity contribution < 1.29 is 13.2 Å². The molecular weight excluding hydrogens is 350 g/mol. The maximum atomic E-state index is 13.0. The highest BCUT2D eigenvalue weighted by Gasteiger charge is 2.29. The van der Waals surface area contributed by atoms with Gasteiger partial charge in [-0.2, -0.15) is 4.31 Å². The summed E-state index contributed by atoms with van der Waals surface area (Å²) in [6.07, 6.45) is 2.14. The van der Waals surface area contributed by atoms with Gasteiger partial charge in [0.15, 0.2) is 0 Å². The van der Waals surface area contributed by atoms with Gasteiger partial charge in [0.05, 0.1) is 4.90 Å². The van der Waals surface area contributed by atoms with E-state index in [1.807, 2.05) is 18.9 Å². The average Bonchev–Trinajstić information content (AvgIpc) is 2.62. The molecule has 0 saturated carbocycles. The molecule has 0 aromatic heterocycles. The van der Waals surface area contributed by atoms with Gasteiger partial charge >= 0.3 is 0 Å². The first-order valence-corrected chi connectivity index (χ1v) is 10.8. The van der Waals surface area contributed by atoms with Gasteiger partial charge in [-0.15, -0.1) is 0 Å². The maximum Gasteiger partial charge on any atom is 0.254 e. The van der Waals surface area contributed by atoms with Crippen LogP contribution < -0.4 is 0 Å². The van der Waals surface area contributed by atoms with Gasteiger partial charge in [-0.05, 0) is 50.4 Å². The Morgan fingerprint density at radius 3 is 2.46 bits per heavy atom. The first kappa shape index (κ1) is 19.3. The van der Waals surface area contributed by atoms with Crippen LogP contribution in [0.4, 0.5) is 0 Å². The molecule has 0 radical (unpaired) electrons. The highest BCUT2D eigenvalue weighted by atomic mass is 32.2. The number of benzene rings is 1. The minimum absolute atomic E-state index is 0.0514. The van der Waals surface area contributed by atoms with Crippen LogP contribution in [0.25, 0.3) is 0 Å². The first-order chi connectivity index (χ1) is 12.3. The lowest BCUT2D eigenvalue weighted by atomic mass is 9.99. The fourth-order valence-corrected chi connectivity index (χ4v) is 5.16. The van der Waals surface area contributed by atoms with Gasteiger partial charge in [0.1, 0.15) is 0 Å². The van der Waals surface area contributed by atoms with Crippen molar-refractivity contribution in [2.24, 2.45) is 5.92 Å². The monoisotopic (exact) mass is 379 g/mol. The summed E-state index contributed by atoms with van der Waals surface area (Å²) in [7, 11) is -1.57. The van der Waals surface area contributed by atoms with Crippen molar-refractivity contribution >= 4 is 15.9 Å². The molecule has 3 rings (SSSR count). The number of nitrogens with zero attached hydrogens (tertiary/aromatic N) is 3. The predicted octanol–water partition coefficient (Wildman–Crippen LogP) is 1.80. The maximum absolute atomic E-state index is 13.0. The molecule has 26 heavy (non-hydrogen) atoms. The van der Waals surface area contributed by atoms with Gasteiger partial charge in [-0.3, -0.25) is 4.79 Å². The summed E-state index contributed by atoms with van der Waals surface area (Å²) in [5.41, 5.74) is 1.33. The van der Waals surface area contributed by atoms with E-state index in [-0.39, 0.29) is 10.8 Å². The molecule has 6 nitrogen and oxygen atoms in total. The molecule has 0 aliphatic carbocycles. The minimum Gasteiger partial charge on any atom is -0.338 e. The van der Waals surface area contributed by atoms with Crippen LogP contribution in [-0.2, 0) is 10.0 Å². The lowest BCUT2D eigenvalue weighted by Gasteiger charge is -2.32. The lowest BCUT2D eigenvalue weighted by molar-refractivity contribution is 0.0682. The van der Waals surface area contributed by atoms with Gasteiger partial charge in [0, 0.05) is 44.8 Å². The molecule has 7 heteroatoms. The number of piperazine rings is 1. The number of likely N-dealkylation sites (N-methyl/N-ethyl adjacent to an activating group) is 1. The minimum atomic E-state index is -3.56. The van der Waals surface area contributed by atoms with E-state index < -0.39 is 10.0 Å². The van der Waals surface area contributed by atoms with Crippen molar-refractivity contribution in [2.75, 3.05) is 46.3 Å². The van der Waals surface area contributed by atoms with Gasteiger partial charge < -0.3 is 9.80 Å². The Morgan fingerprint density at radius 1 is 1.12 bits per heavy atom. The van der Waals surface area contributed by atoms with Crippen molar-refractivity contribution in [3.05, 3.63) is 29.3 Å². The van der Waals surface area contributed by atoms with Crippen LogP contribution in [0, 0.1) is 12.8 Å².